The van der Waals surface area contributed by atoms with Gasteiger partial charge in [0.15, 0.2) is 0 Å². The molecule has 0 aliphatic heterocycles. The Labute approximate surface area is 122 Å². The number of rotatable bonds is 9. The standard InChI is InChI=1S/C10H21Br2N.HI/c11-9-7-5-3-1-2-4-6-8-10(12)13;/h10H,1-9,13H2;1H. The first-order chi connectivity index (χ1) is 6.27. The molecule has 0 saturated heterocycles. The third kappa shape index (κ3) is 16.1. The Morgan fingerprint density at radius 2 is 1.29 bits per heavy atom. The van der Waals surface area contributed by atoms with Crippen molar-refractivity contribution in [3.05, 3.63) is 0 Å². The predicted molar refractivity (Wildman–Crippen MR) is 83.0 cm³/mol. The van der Waals surface area contributed by atoms with Crippen molar-refractivity contribution in [2.75, 3.05) is 5.33 Å². The summed E-state index contributed by atoms with van der Waals surface area (Å²) in [6.45, 7) is 0. The van der Waals surface area contributed by atoms with Crippen molar-refractivity contribution >= 4 is 55.8 Å². The van der Waals surface area contributed by atoms with Crippen molar-refractivity contribution in [2.24, 2.45) is 5.73 Å². The van der Waals surface area contributed by atoms with Gasteiger partial charge in [-0.05, 0) is 12.8 Å². The first kappa shape index (κ1) is 18.0. The number of unbranched alkanes of at least 4 members (excludes halogenated alkanes) is 6. The van der Waals surface area contributed by atoms with Crippen LogP contribution < -0.4 is 5.73 Å². The topological polar surface area (TPSA) is 26.0 Å². The van der Waals surface area contributed by atoms with Gasteiger partial charge in [0, 0.05) is 5.33 Å². The molecule has 0 spiro atoms. The molecule has 1 nitrogen and oxygen atoms in total. The van der Waals surface area contributed by atoms with Crippen LogP contribution in [0.3, 0.4) is 0 Å². The molecule has 0 radical (unpaired) electrons. The van der Waals surface area contributed by atoms with Crippen LogP contribution >= 0.6 is 55.8 Å². The highest BCUT2D eigenvalue weighted by Crippen LogP contribution is 2.11. The molecule has 0 aromatic heterocycles. The van der Waals surface area contributed by atoms with Gasteiger partial charge in [-0.3, -0.25) is 0 Å². The van der Waals surface area contributed by atoms with Crippen LogP contribution in [0.4, 0.5) is 0 Å². The van der Waals surface area contributed by atoms with Gasteiger partial charge < -0.3 is 5.73 Å². The summed E-state index contributed by atoms with van der Waals surface area (Å²) in [5, 5.41) is 1.16. The van der Waals surface area contributed by atoms with Crippen LogP contribution in [0.15, 0.2) is 0 Å². The van der Waals surface area contributed by atoms with Crippen molar-refractivity contribution < 1.29 is 0 Å². The Hall–Kier alpha value is 1.65. The molecule has 88 valence electrons. The molecule has 0 fully saturated rings. The van der Waals surface area contributed by atoms with Crippen molar-refractivity contribution in [3.63, 3.8) is 0 Å². The number of nitrogens with two attached hydrogens (primary N) is 1. The SMILES string of the molecule is I.NC(Br)CCCCCCCCCBr. The molecule has 0 aromatic rings. The van der Waals surface area contributed by atoms with E-state index in [0.717, 1.165) is 11.8 Å². The molecule has 1 atom stereocenters. The minimum absolute atomic E-state index is 0. The summed E-state index contributed by atoms with van der Waals surface area (Å²) in [4.78, 5) is 0.209. The lowest BCUT2D eigenvalue weighted by Crippen LogP contribution is -2.09. The van der Waals surface area contributed by atoms with Crippen LogP contribution in [0, 0.1) is 0 Å². The lowest BCUT2D eigenvalue weighted by atomic mass is 10.1. The zero-order valence-electron chi connectivity index (χ0n) is 8.68. The largest absolute Gasteiger partial charge is 0.319 e. The molecule has 0 aliphatic rings. The van der Waals surface area contributed by atoms with E-state index in [9.17, 15) is 0 Å². The maximum absolute atomic E-state index is 5.58. The summed E-state index contributed by atoms with van der Waals surface area (Å²) < 4.78 is 0. The van der Waals surface area contributed by atoms with Crippen molar-refractivity contribution in [3.8, 4) is 0 Å². The van der Waals surface area contributed by atoms with Gasteiger partial charge in [0.2, 0.25) is 0 Å². The fraction of sp³-hybridized carbons (Fsp3) is 1.00. The van der Waals surface area contributed by atoms with Gasteiger partial charge >= 0.3 is 0 Å². The molecule has 0 aromatic carbocycles. The van der Waals surface area contributed by atoms with Crippen LogP contribution in [0.5, 0.6) is 0 Å². The summed E-state index contributed by atoms with van der Waals surface area (Å²) >= 11 is 6.79. The van der Waals surface area contributed by atoms with Crippen LogP contribution in [-0.4, -0.2) is 10.3 Å². The van der Waals surface area contributed by atoms with Gasteiger partial charge in [-0.25, -0.2) is 0 Å². The number of halogens is 3. The number of alkyl halides is 2. The normalized spacial score (nSPS) is 12.2. The summed E-state index contributed by atoms with van der Waals surface area (Å²) in [7, 11) is 0. The first-order valence-corrected chi connectivity index (χ1v) is 7.26. The number of hydrogen-bond acceptors (Lipinski definition) is 1. The van der Waals surface area contributed by atoms with E-state index in [4.69, 9.17) is 5.73 Å². The molecule has 2 N–H and O–H groups in total. The summed E-state index contributed by atoms with van der Waals surface area (Å²) in [6.07, 6.45) is 10.6. The van der Waals surface area contributed by atoms with E-state index in [1.807, 2.05) is 0 Å². The van der Waals surface area contributed by atoms with E-state index < -0.39 is 0 Å². The second-order valence-corrected chi connectivity index (χ2v) is 5.44. The zero-order chi connectivity index (χ0) is 9.94. The number of hydrogen-bond donors (Lipinski definition) is 1. The van der Waals surface area contributed by atoms with Gasteiger partial charge in [0.25, 0.3) is 0 Å². The van der Waals surface area contributed by atoms with Crippen molar-refractivity contribution in [2.45, 2.75) is 56.3 Å². The fourth-order valence-electron chi connectivity index (χ4n) is 1.32. The summed E-state index contributed by atoms with van der Waals surface area (Å²) in [6, 6.07) is 0. The molecular weight excluding hydrogens is 421 g/mol. The predicted octanol–water partition coefficient (Wildman–Crippen LogP) is 4.80. The molecular formula is C10H22Br2IN. The van der Waals surface area contributed by atoms with Crippen LogP contribution in [0.1, 0.15) is 51.4 Å². The third-order valence-corrected chi connectivity index (χ3v) is 3.13. The molecule has 0 rings (SSSR count). The van der Waals surface area contributed by atoms with Gasteiger partial charge in [0.05, 0.1) is 4.95 Å². The minimum atomic E-state index is 0. The van der Waals surface area contributed by atoms with Crippen molar-refractivity contribution in [1.29, 1.82) is 0 Å². The van der Waals surface area contributed by atoms with Gasteiger partial charge in [-0.15, -0.1) is 24.0 Å². The van der Waals surface area contributed by atoms with Gasteiger partial charge in [0.1, 0.15) is 0 Å². The quantitative estimate of drug-likeness (QED) is 0.236. The smallest absolute Gasteiger partial charge is 0.0605 e. The molecule has 0 bridgehead atoms. The maximum Gasteiger partial charge on any atom is 0.0605 e. The van der Waals surface area contributed by atoms with E-state index in [0.29, 0.717) is 0 Å². The van der Waals surface area contributed by atoms with E-state index in [1.165, 1.54) is 44.9 Å². The Balaban J connectivity index is 0. The average Bonchev–Trinajstić information content (AvgIpc) is 2.09. The highest BCUT2D eigenvalue weighted by molar-refractivity contribution is 14.0. The average molecular weight is 443 g/mol. The van der Waals surface area contributed by atoms with Crippen LogP contribution in [-0.2, 0) is 0 Å². The lowest BCUT2D eigenvalue weighted by molar-refractivity contribution is 0.575. The Morgan fingerprint density at radius 3 is 1.71 bits per heavy atom. The maximum atomic E-state index is 5.58. The summed E-state index contributed by atoms with van der Waals surface area (Å²) in [5.74, 6) is 0. The Kier molecular flexibility index (Phi) is 18.9. The molecule has 0 saturated carbocycles. The fourth-order valence-corrected chi connectivity index (χ4v) is 2.04. The minimum Gasteiger partial charge on any atom is -0.319 e. The zero-order valence-corrected chi connectivity index (χ0v) is 14.2. The monoisotopic (exact) mass is 441 g/mol. The second kappa shape index (κ2) is 14.6. The van der Waals surface area contributed by atoms with E-state index in [-0.39, 0.29) is 28.9 Å². The molecule has 0 heterocycles. The highest BCUT2D eigenvalue weighted by atomic mass is 127. The second-order valence-electron chi connectivity index (χ2n) is 3.47. The highest BCUT2D eigenvalue weighted by Gasteiger charge is 1.95. The third-order valence-electron chi connectivity index (χ3n) is 2.11. The van der Waals surface area contributed by atoms with Gasteiger partial charge in [-0.2, -0.15) is 0 Å². The van der Waals surface area contributed by atoms with Crippen LogP contribution in [0.2, 0.25) is 0 Å². The van der Waals surface area contributed by atoms with Gasteiger partial charge in [-0.1, -0.05) is 70.4 Å². The molecule has 4 heteroatoms. The molecule has 0 amide bonds. The van der Waals surface area contributed by atoms with E-state index >= 15 is 0 Å². The first-order valence-electron chi connectivity index (χ1n) is 5.23. The molecule has 1 unspecified atom stereocenters. The van der Waals surface area contributed by atoms with Crippen LogP contribution in [0.25, 0.3) is 0 Å². The molecule has 0 aliphatic carbocycles. The Bertz CT molecular complexity index is 102. The van der Waals surface area contributed by atoms with Crippen molar-refractivity contribution in [1.82, 2.24) is 0 Å². The molecule has 14 heavy (non-hydrogen) atoms. The lowest BCUT2D eigenvalue weighted by Gasteiger charge is -2.03. The van der Waals surface area contributed by atoms with E-state index in [2.05, 4.69) is 31.9 Å². The summed E-state index contributed by atoms with van der Waals surface area (Å²) in [5.41, 5.74) is 5.58. The Morgan fingerprint density at radius 1 is 0.857 bits per heavy atom. The van der Waals surface area contributed by atoms with E-state index in [1.54, 1.807) is 0 Å².